The van der Waals surface area contributed by atoms with E-state index >= 15 is 0 Å². The van der Waals surface area contributed by atoms with Crippen molar-refractivity contribution in [3.05, 3.63) is 0 Å². The smallest absolute Gasteiger partial charge is 0.403 e. The van der Waals surface area contributed by atoms with Crippen molar-refractivity contribution in [3.63, 3.8) is 0 Å². The Morgan fingerprint density at radius 3 is 1.76 bits per heavy atom. The van der Waals surface area contributed by atoms with E-state index in [2.05, 4.69) is 6.92 Å². The van der Waals surface area contributed by atoms with Crippen molar-refractivity contribution >= 4 is 7.12 Å². The van der Waals surface area contributed by atoms with E-state index in [1.165, 1.54) is 64.2 Å². The lowest BCUT2D eigenvalue weighted by molar-refractivity contribution is -0.0400. The van der Waals surface area contributed by atoms with Crippen molar-refractivity contribution in [2.24, 2.45) is 0 Å². The van der Waals surface area contributed by atoms with Crippen molar-refractivity contribution in [1.82, 2.24) is 0 Å². The Labute approximate surface area is 106 Å². The maximum absolute atomic E-state index is 6.43. The highest BCUT2D eigenvalue weighted by Gasteiger charge is 2.62. The minimum Gasteiger partial charge on any atom is -0.403 e. The van der Waals surface area contributed by atoms with Crippen molar-refractivity contribution in [2.75, 3.05) is 0 Å². The SMILES string of the molecule is CCCCB1OC2(CCCC2)C2(CCCC2)O1. The summed E-state index contributed by atoms with van der Waals surface area (Å²) in [6.07, 6.45) is 13.9. The second-order valence-electron chi connectivity index (χ2n) is 6.21. The summed E-state index contributed by atoms with van der Waals surface area (Å²) in [5, 5.41) is 0. The summed E-state index contributed by atoms with van der Waals surface area (Å²) in [5.41, 5.74) is 0.226. The summed E-state index contributed by atoms with van der Waals surface area (Å²) in [7, 11) is 0.103. The number of unbranched alkanes of at least 4 members (excludes halogenated alkanes) is 1. The summed E-state index contributed by atoms with van der Waals surface area (Å²) in [6, 6.07) is 0. The molecule has 2 saturated carbocycles. The summed E-state index contributed by atoms with van der Waals surface area (Å²) in [6.45, 7) is 2.24. The lowest BCUT2D eigenvalue weighted by Gasteiger charge is -2.39. The Bertz CT molecular complexity index is 243. The van der Waals surface area contributed by atoms with Gasteiger partial charge < -0.3 is 9.31 Å². The molecule has 2 spiro atoms. The highest BCUT2D eigenvalue weighted by Crippen LogP contribution is 2.55. The van der Waals surface area contributed by atoms with Gasteiger partial charge in [-0.3, -0.25) is 0 Å². The molecule has 96 valence electrons. The van der Waals surface area contributed by atoms with E-state index in [-0.39, 0.29) is 18.3 Å². The highest BCUT2D eigenvalue weighted by molar-refractivity contribution is 6.45. The lowest BCUT2D eigenvalue weighted by Crippen LogP contribution is -2.47. The fourth-order valence-electron chi connectivity index (χ4n) is 4.27. The molecule has 0 aromatic carbocycles. The normalized spacial score (nSPS) is 29.8. The van der Waals surface area contributed by atoms with Gasteiger partial charge in [-0.05, 0) is 32.0 Å². The summed E-state index contributed by atoms with van der Waals surface area (Å²) >= 11 is 0. The predicted molar refractivity (Wildman–Crippen MR) is 70.0 cm³/mol. The standard InChI is InChI=1S/C14H25BO2/c1-2-3-12-15-16-13(8-4-5-9-13)14(17-15)10-6-7-11-14/h2-12H2,1H3. The molecule has 1 heterocycles. The van der Waals surface area contributed by atoms with Crippen LogP contribution in [0.1, 0.15) is 71.1 Å². The molecule has 0 N–H and O–H groups in total. The van der Waals surface area contributed by atoms with Gasteiger partial charge in [-0.1, -0.05) is 45.4 Å². The highest BCUT2D eigenvalue weighted by atomic mass is 16.7. The Balaban J connectivity index is 1.76. The van der Waals surface area contributed by atoms with Gasteiger partial charge >= 0.3 is 7.12 Å². The molecule has 3 rings (SSSR count). The van der Waals surface area contributed by atoms with Crippen molar-refractivity contribution in [1.29, 1.82) is 0 Å². The Morgan fingerprint density at radius 1 is 0.882 bits per heavy atom. The first-order valence-electron chi connectivity index (χ1n) is 7.66. The molecule has 0 aromatic heterocycles. The number of rotatable bonds is 3. The van der Waals surface area contributed by atoms with E-state index in [9.17, 15) is 0 Å². The van der Waals surface area contributed by atoms with E-state index in [1.807, 2.05) is 0 Å². The van der Waals surface area contributed by atoms with Crippen LogP contribution in [0.25, 0.3) is 0 Å². The van der Waals surface area contributed by atoms with E-state index in [4.69, 9.17) is 9.31 Å². The summed E-state index contributed by atoms with van der Waals surface area (Å²) in [4.78, 5) is 0. The fraction of sp³-hybridized carbons (Fsp3) is 1.00. The van der Waals surface area contributed by atoms with Gasteiger partial charge in [0, 0.05) is 0 Å². The minimum absolute atomic E-state index is 0.103. The molecule has 1 saturated heterocycles. The molecule has 17 heavy (non-hydrogen) atoms. The average molecular weight is 236 g/mol. The van der Waals surface area contributed by atoms with Crippen LogP contribution in [0.2, 0.25) is 6.32 Å². The van der Waals surface area contributed by atoms with E-state index < -0.39 is 0 Å². The van der Waals surface area contributed by atoms with Crippen LogP contribution in [0.15, 0.2) is 0 Å². The van der Waals surface area contributed by atoms with Crippen LogP contribution >= 0.6 is 0 Å². The quantitative estimate of drug-likeness (QED) is 0.691. The minimum atomic E-state index is 0.103. The molecule has 2 aliphatic carbocycles. The summed E-state index contributed by atoms with van der Waals surface area (Å²) in [5.74, 6) is 0. The van der Waals surface area contributed by atoms with Gasteiger partial charge in [0.25, 0.3) is 0 Å². The van der Waals surface area contributed by atoms with Crippen molar-refractivity contribution in [2.45, 2.75) is 88.7 Å². The molecule has 0 atom stereocenters. The van der Waals surface area contributed by atoms with Gasteiger partial charge in [-0.15, -0.1) is 0 Å². The first-order valence-corrected chi connectivity index (χ1v) is 7.66. The van der Waals surface area contributed by atoms with Crippen molar-refractivity contribution < 1.29 is 9.31 Å². The van der Waals surface area contributed by atoms with Gasteiger partial charge in [-0.2, -0.15) is 0 Å². The van der Waals surface area contributed by atoms with Gasteiger partial charge in [0.15, 0.2) is 0 Å². The van der Waals surface area contributed by atoms with Gasteiger partial charge in [0.05, 0.1) is 11.2 Å². The molecule has 3 heteroatoms. The Morgan fingerprint density at radius 2 is 1.35 bits per heavy atom. The van der Waals surface area contributed by atoms with Crippen LogP contribution in [0.4, 0.5) is 0 Å². The average Bonchev–Trinajstić information content (AvgIpc) is 3.02. The first kappa shape index (κ1) is 12.0. The first-order chi connectivity index (χ1) is 8.30. The fourth-order valence-corrected chi connectivity index (χ4v) is 4.27. The zero-order valence-corrected chi connectivity index (χ0v) is 11.2. The second-order valence-corrected chi connectivity index (χ2v) is 6.21. The third-order valence-corrected chi connectivity index (χ3v) is 5.16. The molecule has 0 unspecified atom stereocenters. The molecule has 3 aliphatic rings. The molecular formula is C14H25BO2. The van der Waals surface area contributed by atoms with Gasteiger partial charge in [-0.25, -0.2) is 0 Å². The number of hydrogen-bond acceptors (Lipinski definition) is 2. The second kappa shape index (κ2) is 4.58. The Kier molecular flexibility index (Phi) is 3.25. The molecule has 1 aliphatic heterocycles. The van der Waals surface area contributed by atoms with E-state index in [0.29, 0.717) is 0 Å². The largest absolute Gasteiger partial charge is 0.457 e. The molecule has 0 aromatic rings. The topological polar surface area (TPSA) is 18.5 Å². The number of hydrogen-bond donors (Lipinski definition) is 0. The maximum Gasteiger partial charge on any atom is 0.457 e. The molecule has 2 nitrogen and oxygen atoms in total. The zero-order chi connectivity index (χ0) is 11.8. The molecule has 3 fully saturated rings. The molecular weight excluding hydrogens is 211 g/mol. The monoisotopic (exact) mass is 236 g/mol. The van der Waals surface area contributed by atoms with Crippen LogP contribution < -0.4 is 0 Å². The van der Waals surface area contributed by atoms with Crippen LogP contribution in [0, 0.1) is 0 Å². The zero-order valence-electron chi connectivity index (χ0n) is 11.2. The van der Waals surface area contributed by atoms with Crippen LogP contribution in [0.5, 0.6) is 0 Å². The maximum atomic E-state index is 6.43. The number of fused-ring (bicyclic) bond motifs is 1. The van der Waals surface area contributed by atoms with E-state index in [0.717, 1.165) is 6.32 Å². The lowest BCUT2D eigenvalue weighted by atomic mass is 9.80. The molecule has 0 bridgehead atoms. The predicted octanol–water partition coefficient (Wildman–Crippen LogP) is 3.95. The van der Waals surface area contributed by atoms with E-state index in [1.54, 1.807) is 0 Å². The third kappa shape index (κ3) is 1.86. The molecule has 0 amide bonds. The van der Waals surface area contributed by atoms with Gasteiger partial charge in [0.2, 0.25) is 0 Å². The van der Waals surface area contributed by atoms with Gasteiger partial charge in [0.1, 0.15) is 0 Å². The summed E-state index contributed by atoms with van der Waals surface area (Å²) < 4.78 is 12.9. The van der Waals surface area contributed by atoms with Crippen LogP contribution in [-0.4, -0.2) is 18.3 Å². The van der Waals surface area contributed by atoms with Crippen LogP contribution in [-0.2, 0) is 9.31 Å². The molecule has 0 radical (unpaired) electrons. The third-order valence-electron chi connectivity index (χ3n) is 5.16. The van der Waals surface area contributed by atoms with Crippen molar-refractivity contribution in [3.8, 4) is 0 Å². The Hall–Kier alpha value is -0.0151. The van der Waals surface area contributed by atoms with Crippen LogP contribution in [0.3, 0.4) is 0 Å².